The monoisotopic (exact) mass is 547 g/mol. The zero-order valence-corrected chi connectivity index (χ0v) is 21.4. The number of phenolic OH excluding ortho intramolecular Hbond substituents is 2. The van der Waals surface area contributed by atoms with Crippen molar-refractivity contribution in [3.63, 3.8) is 0 Å². The van der Waals surface area contributed by atoms with Crippen molar-refractivity contribution < 1.29 is 54.4 Å². The predicted octanol–water partition coefficient (Wildman–Crippen LogP) is 0.115. The van der Waals surface area contributed by atoms with E-state index in [0.717, 1.165) is 0 Å². The molecule has 0 aliphatic carbocycles. The molecule has 1 fully saturated rings. The number of methoxy groups -OCH3 is 2. The van der Waals surface area contributed by atoms with E-state index >= 15 is 0 Å². The Morgan fingerprint density at radius 3 is 1.74 bits per heavy atom. The highest BCUT2D eigenvalue weighted by atomic mass is 16.6. The van der Waals surface area contributed by atoms with Gasteiger partial charge in [-0.05, 0) is 47.5 Å². The van der Waals surface area contributed by atoms with E-state index in [4.69, 9.17) is 30.2 Å². The van der Waals surface area contributed by atoms with Gasteiger partial charge in [0.05, 0.1) is 33.3 Å². The predicted molar refractivity (Wildman–Crippen MR) is 140 cm³/mol. The molecule has 0 spiro atoms. The lowest BCUT2D eigenvalue weighted by Crippen LogP contribution is -2.61. The average Bonchev–Trinajstić information content (AvgIpc) is 2.93. The summed E-state index contributed by atoms with van der Waals surface area (Å²) in [5.74, 6) is -0.0832. The Hall–Kier alpha value is -3.78. The molecule has 212 valence electrons. The Morgan fingerprint density at radius 1 is 0.872 bits per heavy atom. The highest BCUT2D eigenvalue weighted by Gasteiger charge is 2.41. The minimum absolute atomic E-state index is 0.00662. The summed E-state index contributed by atoms with van der Waals surface area (Å²) in [7, 11) is 2.87. The fourth-order valence-corrected chi connectivity index (χ4v) is 3.38. The number of aromatic hydroxyl groups is 2. The van der Waals surface area contributed by atoms with Crippen LogP contribution in [-0.2, 0) is 14.3 Å². The fourth-order valence-electron chi connectivity index (χ4n) is 3.38. The van der Waals surface area contributed by atoms with Crippen LogP contribution in [0.25, 0.3) is 12.2 Å². The third-order valence-corrected chi connectivity index (χ3v) is 5.63. The molecule has 2 aromatic rings. The molecule has 1 heterocycles. The quantitative estimate of drug-likeness (QED) is 0.165. The number of aliphatic hydroxyl groups is 4. The molecule has 1 saturated heterocycles. The number of aliphatic hydroxyl groups excluding tert-OH is 4. The summed E-state index contributed by atoms with van der Waals surface area (Å²) < 4.78 is 14.7. The van der Waals surface area contributed by atoms with E-state index in [0.29, 0.717) is 22.6 Å². The Balaban J connectivity index is 0.000000370. The van der Waals surface area contributed by atoms with E-state index in [1.165, 1.54) is 38.5 Å². The summed E-state index contributed by atoms with van der Waals surface area (Å²) in [4.78, 5) is 23.9. The maximum Gasteiger partial charge on any atom is 0.173 e. The van der Waals surface area contributed by atoms with Gasteiger partial charge in [-0.15, -0.1) is 0 Å². The second-order valence-corrected chi connectivity index (χ2v) is 8.44. The number of allylic oxidation sites excluding steroid dienone is 2. The second kappa shape index (κ2) is 15.0. The molecule has 12 nitrogen and oxygen atoms in total. The summed E-state index contributed by atoms with van der Waals surface area (Å²) in [6.45, 7) is -0.470. The number of nitrogens with two attached hydrogens (primary N) is 1. The third kappa shape index (κ3) is 9.18. The fraction of sp³-hybridized carbons (Fsp3) is 0.333. The molecule has 1 aliphatic rings. The Bertz CT molecular complexity index is 1100. The van der Waals surface area contributed by atoms with Crippen molar-refractivity contribution in [2.75, 3.05) is 20.8 Å². The minimum atomic E-state index is -1.35. The third-order valence-electron chi connectivity index (χ3n) is 5.63. The lowest BCUT2D eigenvalue weighted by Gasteiger charge is -2.38. The molecule has 5 atom stereocenters. The van der Waals surface area contributed by atoms with E-state index in [-0.39, 0.29) is 29.5 Å². The van der Waals surface area contributed by atoms with Gasteiger partial charge < -0.3 is 50.6 Å². The summed E-state index contributed by atoms with van der Waals surface area (Å²) in [5, 5.41) is 55.1. The highest BCUT2D eigenvalue weighted by molar-refractivity contribution is 6.10. The van der Waals surface area contributed by atoms with Crippen LogP contribution in [0.15, 0.2) is 48.6 Å². The Labute approximate surface area is 224 Å². The molecule has 12 heteroatoms. The molecule has 1 unspecified atom stereocenters. The van der Waals surface area contributed by atoms with Crippen molar-refractivity contribution in [1.82, 2.24) is 0 Å². The molecule has 3 rings (SSSR count). The van der Waals surface area contributed by atoms with E-state index < -0.39 is 37.3 Å². The van der Waals surface area contributed by atoms with Crippen LogP contribution in [-0.4, -0.2) is 93.7 Å². The van der Waals surface area contributed by atoms with Gasteiger partial charge in [-0.2, -0.15) is 0 Å². The van der Waals surface area contributed by atoms with Crippen LogP contribution < -0.4 is 15.2 Å². The molecule has 0 bridgehead atoms. The second-order valence-electron chi connectivity index (χ2n) is 8.44. The van der Waals surface area contributed by atoms with Gasteiger partial charge in [0, 0.05) is 0 Å². The lowest BCUT2D eigenvalue weighted by molar-refractivity contribution is -0.248. The molecule has 8 N–H and O–H groups in total. The number of rotatable bonds is 9. The van der Waals surface area contributed by atoms with Crippen LogP contribution >= 0.6 is 0 Å². The van der Waals surface area contributed by atoms with Gasteiger partial charge >= 0.3 is 0 Å². The molecule has 0 radical (unpaired) electrons. The number of carbonyl (C=O) groups excluding carboxylic acids is 2. The molecular formula is C27H33NO11. The smallest absolute Gasteiger partial charge is 0.173 e. The largest absolute Gasteiger partial charge is 0.504 e. The number of carbonyl (C=O) groups is 2. The Morgan fingerprint density at radius 2 is 1.33 bits per heavy atom. The Kier molecular flexibility index (Phi) is 12.1. The van der Waals surface area contributed by atoms with E-state index in [9.17, 15) is 30.0 Å². The molecular weight excluding hydrogens is 514 g/mol. The summed E-state index contributed by atoms with van der Waals surface area (Å²) in [6.07, 6.45) is 0.590. The maximum absolute atomic E-state index is 11.9. The van der Waals surface area contributed by atoms with Gasteiger partial charge in [0.1, 0.15) is 18.3 Å². The number of phenols is 2. The average molecular weight is 548 g/mol. The molecule has 0 amide bonds. The van der Waals surface area contributed by atoms with Gasteiger partial charge in [-0.3, -0.25) is 9.59 Å². The van der Waals surface area contributed by atoms with Crippen LogP contribution in [0.4, 0.5) is 0 Å². The van der Waals surface area contributed by atoms with Crippen LogP contribution in [0.1, 0.15) is 17.5 Å². The number of hydrogen-bond donors (Lipinski definition) is 7. The number of ketones is 2. The zero-order chi connectivity index (χ0) is 29.1. The van der Waals surface area contributed by atoms with E-state index in [1.807, 2.05) is 0 Å². The van der Waals surface area contributed by atoms with E-state index in [1.54, 1.807) is 36.4 Å². The first kappa shape index (κ1) is 31.4. The van der Waals surface area contributed by atoms with Gasteiger partial charge in [0.15, 0.2) is 40.9 Å². The van der Waals surface area contributed by atoms with Gasteiger partial charge in [0.2, 0.25) is 0 Å². The summed E-state index contributed by atoms with van der Waals surface area (Å²) in [6, 6.07) is 8.30. The van der Waals surface area contributed by atoms with Gasteiger partial charge in [-0.1, -0.05) is 24.3 Å². The number of ether oxygens (including phenoxy) is 3. The summed E-state index contributed by atoms with van der Waals surface area (Å²) >= 11 is 0. The molecule has 0 saturated carbocycles. The van der Waals surface area contributed by atoms with Gasteiger partial charge in [0.25, 0.3) is 0 Å². The van der Waals surface area contributed by atoms with Crippen molar-refractivity contribution in [3.05, 3.63) is 59.7 Å². The first-order valence-electron chi connectivity index (χ1n) is 11.7. The number of benzene rings is 2. The van der Waals surface area contributed by atoms with Crippen molar-refractivity contribution in [3.8, 4) is 23.0 Å². The molecule has 1 aliphatic heterocycles. The standard InChI is InChI=1S/C21H20O6.C6H13NO5/c1-26-20-11-14(5-9-18(20)24)3-7-16(22)13-17(23)8-4-15-6-10-19(25)21(12-15)27-2;7-3-5(10)4(9)2(1-8)12-6(3)11/h3-12,24-25H,13H2,1-2H3;2-6,8-11H,1,7H2/b7-3+,8-4+;/t;2-,3-,4-,5-,6?/m.1/s1. The molecule has 39 heavy (non-hydrogen) atoms. The maximum atomic E-state index is 11.9. The van der Waals surface area contributed by atoms with E-state index in [2.05, 4.69) is 0 Å². The zero-order valence-electron chi connectivity index (χ0n) is 21.4. The van der Waals surface area contributed by atoms with Gasteiger partial charge in [-0.25, -0.2) is 0 Å². The van der Waals surface area contributed by atoms with Crippen molar-refractivity contribution in [2.45, 2.75) is 37.1 Å². The number of hydrogen-bond acceptors (Lipinski definition) is 12. The topological polar surface area (TPSA) is 209 Å². The SMILES string of the molecule is COc1cc(/C=C/C(=O)CC(=O)/C=C/c2ccc(O)c(OC)c2)ccc1O.N[C@H]1C(O)O[C@H](CO)[C@@H](O)[C@@H]1O. The van der Waals surface area contributed by atoms with Crippen molar-refractivity contribution in [1.29, 1.82) is 0 Å². The first-order chi connectivity index (χ1) is 18.5. The summed E-state index contributed by atoms with van der Waals surface area (Å²) in [5.41, 5.74) is 6.59. The van der Waals surface area contributed by atoms with Crippen LogP contribution in [0.3, 0.4) is 0 Å². The molecule has 2 aromatic carbocycles. The van der Waals surface area contributed by atoms with Crippen LogP contribution in [0, 0.1) is 0 Å². The normalized spacial score (nSPS) is 22.8. The lowest BCUT2D eigenvalue weighted by atomic mass is 9.98. The van der Waals surface area contributed by atoms with Crippen molar-refractivity contribution in [2.24, 2.45) is 5.73 Å². The van der Waals surface area contributed by atoms with Crippen LogP contribution in [0.2, 0.25) is 0 Å². The van der Waals surface area contributed by atoms with Crippen LogP contribution in [0.5, 0.6) is 23.0 Å². The minimum Gasteiger partial charge on any atom is -0.504 e. The first-order valence-corrected chi connectivity index (χ1v) is 11.7. The highest BCUT2D eigenvalue weighted by Crippen LogP contribution is 2.27. The van der Waals surface area contributed by atoms with Crippen molar-refractivity contribution >= 4 is 23.7 Å². The molecule has 0 aromatic heterocycles.